The Kier molecular flexibility index (Phi) is 2.55. The van der Waals surface area contributed by atoms with Gasteiger partial charge in [-0.15, -0.1) is 0 Å². The molecule has 0 aliphatic rings. The van der Waals surface area contributed by atoms with Crippen LogP contribution in [0.15, 0.2) is 24.9 Å². The molecule has 0 spiro atoms. The minimum Gasteiger partial charge on any atom is -0.159 e. The molecule has 0 aliphatic carbocycles. The Labute approximate surface area is 65.6 Å². The Hall–Kier alpha value is -1.44. The van der Waals surface area contributed by atoms with Crippen LogP contribution in [0.4, 0.5) is 0 Å². The fourth-order valence-electron chi connectivity index (χ4n) is 0.845. The van der Waals surface area contributed by atoms with Gasteiger partial charge in [0.15, 0.2) is 0 Å². The lowest BCUT2D eigenvalue weighted by molar-refractivity contribution is 0.980. The van der Waals surface area contributed by atoms with Gasteiger partial charge >= 0.3 is 0 Å². The lowest BCUT2D eigenvalue weighted by Crippen LogP contribution is -2.27. The molecule has 0 saturated heterocycles. The highest BCUT2D eigenvalue weighted by molar-refractivity contribution is 5.35. The molecule has 56 valence electrons. The fraction of sp³-hybridized carbons (Fsp3) is 0.111. The van der Waals surface area contributed by atoms with Crippen LogP contribution in [0.25, 0.3) is 12.2 Å². The molecule has 0 aromatic carbocycles. The minimum absolute atomic E-state index is 0.896. The minimum atomic E-state index is 0.896. The summed E-state index contributed by atoms with van der Waals surface area (Å²) in [5.41, 5.74) is 0. The van der Waals surface area contributed by atoms with Crippen molar-refractivity contribution in [3.63, 3.8) is 0 Å². The van der Waals surface area contributed by atoms with E-state index < -0.39 is 0 Å². The van der Waals surface area contributed by atoms with E-state index in [1.165, 1.54) is 0 Å². The lowest BCUT2D eigenvalue weighted by Gasteiger charge is -1.84. The highest BCUT2D eigenvalue weighted by atomic mass is 15.1. The van der Waals surface area contributed by atoms with Crippen LogP contribution in [0.3, 0.4) is 0 Å². The fourth-order valence-corrected chi connectivity index (χ4v) is 0.845. The molecule has 1 heterocycles. The summed E-state index contributed by atoms with van der Waals surface area (Å²) in [6.45, 7) is 5.55. The van der Waals surface area contributed by atoms with E-state index >= 15 is 0 Å². The summed E-state index contributed by atoms with van der Waals surface area (Å²) < 4.78 is 0. The Morgan fingerprint density at radius 2 is 2.36 bits per heavy atom. The second-order valence-electron chi connectivity index (χ2n) is 2.06. The molecule has 0 bridgehead atoms. The van der Waals surface area contributed by atoms with Crippen LogP contribution in [0, 0.1) is 0 Å². The van der Waals surface area contributed by atoms with Crippen molar-refractivity contribution < 1.29 is 0 Å². The van der Waals surface area contributed by atoms with Crippen molar-refractivity contribution >= 4 is 12.2 Å². The zero-order chi connectivity index (χ0) is 8.10. The van der Waals surface area contributed by atoms with Gasteiger partial charge in [0.05, 0.1) is 11.5 Å². The first-order valence-corrected chi connectivity index (χ1v) is 3.45. The van der Waals surface area contributed by atoms with Crippen molar-refractivity contribution in [3.05, 3.63) is 35.5 Å². The number of nitrogens with zero attached hydrogens (tertiary/aromatic N) is 2. The molecule has 0 saturated carbocycles. The smallest absolute Gasteiger partial charge is 0.0887 e. The maximum absolute atomic E-state index is 3.93. The quantitative estimate of drug-likeness (QED) is 0.567. The van der Waals surface area contributed by atoms with E-state index in [9.17, 15) is 0 Å². The van der Waals surface area contributed by atoms with E-state index in [0.29, 0.717) is 0 Å². The molecule has 0 radical (unpaired) electrons. The summed E-state index contributed by atoms with van der Waals surface area (Å²) in [4.78, 5) is 0. The van der Waals surface area contributed by atoms with Gasteiger partial charge in [0.25, 0.3) is 0 Å². The second-order valence-corrected chi connectivity index (χ2v) is 2.06. The average molecular weight is 146 g/mol. The zero-order valence-corrected chi connectivity index (χ0v) is 6.49. The van der Waals surface area contributed by atoms with Gasteiger partial charge < -0.3 is 0 Å². The summed E-state index contributed by atoms with van der Waals surface area (Å²) in [6.07, 6.45) is 7.23. The predicted octanol–water partition coefficient (Wildman–Crippen LogP) is 0.243. The van der Waals surface area contributed by atoms with Crippen LogP contribution in [0.5, 0.6) is 0 Å². The van der Waals surface area contributed by atoms with Gasteiger partial charge in [-0.3, -0.25) is 0 Å². The van der Waals surface area contributed by atoms with Crippen LogP contribution in [0.2, 0.25) is 0 Å². The van der Waals surface area contributed by atoms with Crippen molar-refractivity contribution in [2.24, 2.45) is 0 Å². The van der Waals surface area contributed by atoms with Crippen LogP contribution in [-0.2, 0) is 0 Å². The van der Waals surface area contributed by atoms with Gasteiger partial charge in [-0.25, -0.2) is 0 Å². The average Bonchev–Trinajstić information content (AvgIpc) is 2.06. The Morgan fingerprint density at radius 1 is 1.55 bits per heavy atom. The first kappa shape index (κ1) is 7.66. The summed E-state index contributed by atoms with van der Waals surface area (Å²) in [5.74, 6) is 0. The summed E-state index contributed by atoms with van der Waals surface area (Å²) >= 11 is 0. The van der Waals surface area contributed by atoms with E-state index in [1.807, 2.05) is 25.1 Å². The standard InChI is InChI=1S/C9H10N2/c1-3-5-8-6-7-10-11-9(8)4-2/h3-7H,1H2,2H3/b8-5-,9-4+. The molecule has 0 atom stereocenters. The summed E-state index contributed by atoms with van der Waals surface area (Å²) in [5, 5.41) is 9.64. The maximum Gasteiger partial charge on any atom is 0.0887 e. The molecule has 0 aliphatic heterocycles. The normalized spacial score (nSPS) is 13.5. The first-order chi connectivity index (χ1) is 5.38. The highest BCUT2D eigenvalue weighted by Gasteiger charge is 1.80. The van der Waals surface area contributed by atoms with Crippen LogP contribution in [-0.4, -0.2) is 10.2 Å². The molecule has 0 fully saturated rings. The van der Waals surface area contributed by atoms with Gasteiger partial charge in [-0.1, -0.05) is 24.8 Å². The number of hydrogen-bond acceptors (Lipinski definition) is 2. The van der Waals surface area contributed by atoms with Crippen molar-refractivity contribution in [1.29, 1.82) is 0 Å². The van der Waals surface area contributed by atoms with Gasteiger partial charge in [0, 0.05) is 5.22 Å². The van der Waals surface area contributed by atoms with E-state index in [0.717, 1.165) is 10.6 Å². The van der Waals surface area contributed by atoms with Gasteiger partial charge in [-0.05, 0) is 13.0 Å². The molecule has 0 N–H and O–H groups in total. The number of allylic oxidation sites excluding steroid dienone is 1. The maximum atomic E-state index is 3.93. The molecule has 2 nitrogen and oxygen atoms in total. The molecule has 1 aromatic rings. The van der Waals surface area contributed by atoms with Gasteiger partial charge in [-0.2, -0.15) is 10.2 Å². The summed E-state index contributed by atoms with van der Waals surface area (Å²) in [7, 11) is 0. The zero-order valence-electron chi connectivity index (χ0n) is 6.49. The van der Waals surface area contributed by atoms with Crippen molar-refractivity contribution in [2.75, 3.05) is 0 Å². The van der Waals surface area contributed by atoms with E-state index in [2.05, 4.69) is 16.8 Å². The monoisotopic (exact) mass is 146 g/mol. The SMILES string of the molecule is C=C/C=c1/ccnn/c1=C/C. The van der Waals surface area contributed by atoms with Gasteiger partial charge in [0.1, 0.15) is 0 Å². The number of hydrogen-bond donors (Lipinski definition) is 0. The third-order valence-electron chi connectivity index (χ3n) is 1.35. The van der Waals surface area contributed by atoms with E-state index in [1.54, 1.807) is 12.3 Å². The van der Waals surface area contributed by atoms with E-state index in [-0.39, 0.29) is 0 Å². The van der Waals surface area contributed by atoms with Crippen molar-refractivity contribution in [1.82, 2.24) is 10.2 Å². The number of aromatic nitrogens is 2. The molecule has 1 rings (SSSR count). The third kappa shape index (κ3) is 1.74. The number of rotatable bonds is 1. The third-order valence-corrected chi connectivity index (χ3v) is 1.35. The largest absolute Gasteiger partial charge is 0.159 e. The highest BCUT2D eigenvalue weighted by Crippen LogP contribution is 1.65. The predicted molar refractivity (Wildman–Crippen MR) is 46.1 cm³/mol. The van der Waals surface area contributed by atoms with Gasteiger partial charge in [0.2, 0.25) is 0 Å². The van der Waals surface area contributed by atoms with Crippen LogP contribution in [0.1, 0.15) is 6.92 Å². The lowest BCUT2D eigenvalue weighted by atomic mass is 10.3. The first-order valence-electron chi connectivity index (χ1n) is 3.45. The van der Waals surface area contributed by atoms with Crippen molar-refractivity contribution in [2.45, 2.75) is 6.92 Å². The topological polar surface area (TPSA) is 25.8 Å². The van der Waals surface area contributed by atoms with Crippen LogP contribution < -0.4 is 10.6 Å². The van der Waals surface area contributed by atoms with Crippen molar-refractivity contribution in [3.8, 4) is 0 Å². The van der Waals surface area contributed by atoms with E-state index in [4.69, 9.17) is 0 Å². The summed E-state index contributed by atoms with van der Waals surface area (Å²) in [6, 6.07) is 1.91. The molecule has 11 heavy (non-hydrogen) atoms. The Bertz CT molecular complexity index is 352. The second kappa shape index (κ2) is 3.66. The molecule has 0 amide bonds. The Balaban J connectivity index is 3.48. The molecule has 2 heteroatoms. The molecule has 0 unspecified atom stereocenters. The molecular formula is C9H10N2. The Morgan fingerprint density at radius 3 is 3.00 bits per heavy atom. The molecule has 1 aromatic heterocycles. The molecular weight excluding hydrogens is 136 g/mol. The van der Waals surface area contributed by atoms with Crippen LogP contribution >= 0.6 is 0 Å².